The number of halogens is 2. The first-order valence-electron chi connectivity index (χ1n) is 8.48. The molecule has 128 valence electrons. The minimum absolute atomic E-state index is 0.224. The highest BCUT2D eigenvalue weighted by Crippen LogP contribution is 2.37. The Morgan fingerprint density at radius 3 is 2.46 bits per heavy atom. The van der Waals surface area contributed by atoms with Gasteiger partial charge in [0.15, 0.2) is 11.6 Å². The maximum atomic E-state index is 14.6. The maximum absolute atomic E-state index is 14.6. The van der Waals surface area contributed by atoms with Crippen LogP contribution in [0.5, 0.6) is 0 Å². The molecule has 1 aliphatic heterocycles. The van der Waals surface area contributed by atoms with Crippen LogP contribution >= 0.6 is 0 Å². The lowest BCUT2D eigenvalue weighted by Crippen LogP contribution is -2.21. The average molecular weight is 332 g/mol. The quantitative estimate of drug-likeness (QED) is 0.908. The van der Waals surface area contributed by atoms with Crippen LogP contribution in [0.1, 0.15) is 18.5 Å². The van der Waals surface area contributed by atoms with E-state index in [1.165, 1.54) is 0 Å². The molecule has 2 unspecified atom stereocenters. The van der Waals surface area contributed by atoms with Gasteiger partial charge in [-0.2, -0.15) is 5.10 Å². The van der Waals surface area contributed by atoms with E-state index in [1.54, 1.807) is 37.0 Å². The predicted molar refractivity (Wildman–Crippen MR) is 89.8 cm³/mol. The van der Waals surface area contributed by atoms with Gasteiger partial charge in [0.05, 0.1) is 11.4 Å². The third-order valence-corrected chi connectivity index (χ3v) is 5.40. The molecular weight excluding hydrogens is 310 g/mol. The minimum Gasteiger partial charge on any atom is -0.380 e. The molecule has 1 aliphatic carbocycles. The maximum Gasteiger partial charge on any atom is 0.182 e. The molecule has 1 aromatic carbocycles. The third-order valence-electron chi connectivity index (χ3n) is 5.40. The SMILES string of the molecule is Cc1nn(C)cc1-c1ccc(NC2CC3CNC[C@H]3C2)c(F)c1F. The summed E-state index contributed by atoms with van der Waals surface area (Å²) < 4.78 is 30.7. The van der Waals surface area contributed by atoms with Crippen molar-refractivity contribution in [3.63, 3.8) is 0 Å². The normalized spacial score (nSPS) is 25.9. The zero-order valence-electron chi connectivity index (χ0n) is 13.9. The van der Waals surface area contributed by atoms with Crippen LogP contribution in [0.15, 0.2) is 18.3 Å². The van der Waals surface area contributed by atoms with Crippen molar-refractivity contribution < 1.29 is 8.78 Å². The first-order valence-corrected chi connectivity index (χ1v) is 8.48. The molecule has 2 N–H and O–H groups in total. The molecule has 3 atom stereocenters. The number of aromatic nitrogens is 2. The standard InChI is InChI=1S/C18H22F2N4/c1-10-15(9-24(2)23-10)14-3-4-16(18(20)17(14)19)22-13-5-11-7-21-8-12(11)6-13/h3-4,9,11-13,21-22H,5-8H2,1-2H3/t11-,12?,13?/m1/s1. The van der Waals surface area contributed by atoms with Gasteiger partial charge in [-0.15, -0.1) is 0 Å². The van der Waals surface area contributed by atoms with Crippen LogP contribution in [0.3, 0.4) is 0 Å². The fraction of sp³-hybridized carbons (Fsp3) is 0.500. The van der Waals surface area contributed by atoms with Crippen molar-refractivity contribution in [2.45, 2.75) is 25.8 Å². The van der Waals surface area contributed by atoms with Gasteiger partial charge in [-0.25, -0.2) is 8.78 Å². The number of nitrogens with zero attached hydrogens (tertiary/aromatic N) is 2. The predicted octanol–water partition coefficient (Wildman–Crippen LogP) is 3.08. The van der Waals surface area contributed by atoms with Gasteiger partial charge in [-0.1, -0.05) is 0 Å². The van der Waals surface area contributed by atoms with Crippen molar-refractivity contribution in [1.29, 1.82) is 0 Å². The van der Waals surface area contributed by atoms with Gasteiger partial charge in [0.25, 0.3) is 0 Å². The van der Waals surface area contributed by atoms with E-state index in [2.05, 4.69) is 15.7 Å². The monoisotopic (exact) mass is 332 g/mol. The summed E-state index contributed by atoms with van der Waals surface area (Å²) in [7, 11) is 1.77. The number of fused-ring (bicyclic) bond motifs is 1. The largest absolute Gasteiger partial charge is 0.380 e. The number of benzene rings is 1. The molecule has 2 aliphatic rings. The summed E-state index contributed by atoms with van der Waals surface area (Å²) >= 11 is 0. The highest BCUT2D eigenvalue weighted by molar-refractivity contribution is 5.68. The Labute approximate surface area is 140 Å². The molecule has 4 rings (SSSR count). The van der Waals surface area contributed by atoms with Crippen molar-refractivity contribution in [2.75, 3.05) is 18.4 Å². The molecule has 1 saturated carbocycles. The van der Waals surface area contributed by atoms with Crippen molar-refractivity contribution >= 4 is 5.69 Å². The van der Waals surface area contributed by atoms with Gasteiger partial charge >= 0.3 is 0 Å². The van der Waals surface area contributed by atoms with Crippen LogP contribution in [-0.2, 0) is 7.05 Å². The van der Waals surface area contributed by atoms with Crippen molar-refractivity contribution in [1.82, 2.24) is 15.1 Å². The molecule has 4 nitrogen and oxygen atoms in total. The molecule has 0 radical (unpaired) electrons. The lowest BCUT2D eigenvalue weighted by molar-refractivity contribution is 0.494. The van der Waals surface area contributed by atoms with Gasteiger partial charge in [-0.3, -0.25) is 4.68 Å². The Kier molecular flexibility index (Phi) is 3.79. The Hall–Kier alpha value is -1.95. The molecule has 0 spiro atoms. The first-order chi connectivity index (χ1) is 11.5. The first kappa shape index (κ1) is 15.6. The van der Waals surface area contributed by atoms with Gasteiger partial charge in [0.2, 0.25) is 0 Å². The molecule has 2 aromatic rings. The number of nitrogens with one attached hydrogen (secondary N) is 2. The van der Waals surface area contributed by atoms with E-state index >= 15 is 0 Å². The van der Waals surface area contributed by atoms with E-state index < -0.39 is 11.6 Å². The number of anilines is 1. The van der Waals surface area contributed by atoms with Gasteiger partial charge in [-0.05, 0) is 56.8 Å². The Morgan fingerprint density at radius 1 is 1.12 bits per heavy atom. The molecule has 0 amide bonds. The zero-order valence-corrected chi connectivity index (χ0v) is 13.9. The molecular formula is C18H22F2N4. The summed E-state index contributed by atoms with van der Waals surface area (Å²) in [6, 6.07) is 3.51. The van der Waals surface area contributed by atoms with E-state index in [0.717, 1.165) is 25.9 Å². The zero-order chi connectivity index (χ0) is 16.8. The second kappa shape index (κ2) is 5.84. The average Bonchev–Trinajstić information content (AvgIpc) is 3.19. The summed E-state index contributed by atoms with van der Waals surface area (Å²) in [5, 5.41) is 10.8. The third kappa shape index (κ3) is 2.59. The highest BCUT2D eigenvalue weighted by Gasteiger charge is 2.37. The highest BCUT2D eigenvalue weighted by atomic mass is 19.2. The number of rotatable bonds is 3. The molecule has 2 fully saturated rings. The molecule has 1 saturated heterocycles. The Morgan fingerprint density at radius 2 is 1.83 bits per heavy atom. The summed E-state index contributed by atoms with van der Waals surface area (Å²) in [6.07, 6.45) is 3.75. The van der Waals surface area contributed by atoms with Gasteiger partial charge < -0.3 is 10.6 Å². The van der Waals surface area contributed by atoms with Crippen LogP contribution in [0, 0.1) is 30.4 Å². The molecule has 24 heavy (non-hydrogen) atoms. The van der Waals surface area contributed by atoms with E-state index in [4.69, 9.17) is 0 Å². The number of hydrogen-bond donors (Lipinski definition) is 2. The van der Waals surface area contributed by atoms with E-state index in [0.29, 0.717) is 23.1 Å². The van der Waals surface area contributed by atoms with Crippen molar-refractivity contribution in [3.05, 3.63) is 35.7 Å². The molecule has 6 heteroatoms. The summed E-state index contributed by atoms with van der Waals surface area (Å²) in [4.78, 5) is 0. The van der Waals surface area contributed by atoms with Crippen molar-refractivity contribution in [2.24, 2.45) is 18.9 Å². The van der Waals surface area contributed by atoms with Crippen LogP contribution in [-0.4, -0.2) is 28.9 Å². The van der Waals surface area contributed by atoms with Gasteiger partial charge in [0.1, 0.15) is 0 Å². The molecule has 0 bridgehead atoms. The Bertz CT molecular complexity index is 759. The smallest absolute Gasteiger partial charge is 0.182 e. The lowest BCUT2D eigenvalue weighted by atomic mass is 10.0. The summed E-state index contributed by atoms with van der Waals surface area (Å²) in [6.45, 7) is 3.88. The van der Waals surface area contributed by atoms with Crippen LogP contribution in [0.25, 0.3) is 11.1 Å². The van der Waals surface area contributed by atoms with Crippen LogP contribution in [0.4, 0.5) is 14.5 Å². The van der Waals surface area contributed by atoms with Gasteiger partial charge in [0, 0.05) is 30.4 Å². The van der Waals surface area contributed by atoms with Crippen LogP contribution < -0.4 is 10.6 Å². The van der Waals surface area contributed by atoms with E-state index in [9.17, 15) is 8.78 Å². The molecule has 2 heterocycles. The number of aryl methyl sites for hydroxylation is 2. The molecule has 1 aromatic heterocycles. The number of hydrogen-bond acceptors (Lipinski definition) is 3. The Balaban J connectivity index is 1.57. The van der Waals surface area contributed by atoms with E-state index in [-0.39, 0.29) is 17.3 Å². The minimum atomic E-state index is -0.809. The fourth-order valence-corrected chi connectivity index (χ4v) is 4.24. The lowest BCUT2D eigenvalue weighted by Gasteiger charge is -2.17. The van der Waals surface area contributed by atoms with Crippen LogP contribution in [0.2, 0.25) is 0 Å². The fourth-order valence-electron chi connectivity index (χ4n) is 4.24. The second-order valence-corrected chi connectivity index (χ2v) is 7.08. The van der Waals surface area contributed by atoms with E-state index in [1.807, 2.05) is 0 Å². The summed E-state index contributed by atoms with van der Waals surface area (Å²) in [5.74, 6) is -0.289. The summed E-state index contributed by atoms with van der Waals surface area (Å²) in [5.41, 5.74) is 1.83. The topological polar surface area (TPSA) is 41.9 Å². The second-order valence-electron chi connectivity index (χ2n) is 7.08. The van der Waals surface area contributed by atoms with Crippen molar-refractivity contribution in [3.8, 4) is 11.1 Å².